The maximum absolute atomic E-state index is 10.8. The van der Waals surface area contributed by atoms with E-state index in [1.54, 1.807) is 4.52 Å². The van der Waals surface area contributed by atoms with Crippen molar-refractivity contribution in [3.8, 4) is 5.88 Å². The van der Waals surface area contributed by atoms with E-state index in [2.05, 4.69) is 15.0 Å². The molecule has 1 aromatic carbocycles. The van der Waals surface area contributed by atoms with Crippen LogP contribution in [0.2, 0.25) is 5.02 Å². The number of aromatic nitrogens is 3. The summed E-state index contributed by atoms with van der Waals surface area (Å²) in [5.41, 5.74) is 1.02. The van der Waals surface area contributed by atoms with Crippen LogP contribution in [0.5, 0.6) is 5.88 Å². The maximum Gasteiger partial charge on any atom is 0.230 e. The molecule has 0 radical (unpaired) electrons. The molecule has 3 aromatic rings. The SMILES string of the molecule is CCc1nc2sc([C@H](c3ccccc3Cl)N3CCCC3)c(O)n2n1. The number of aromatic hydroxyl groups is 1. The van der Waals surface area contributed by atoms with Crippen LogP contribution < -0.4 is 0 Å². The van der Waals surface area contributed by atoms with Gasteiger partial charge in [-0.05, 0) is 37.6 Å². The lowest BCUT2D eigenvalue weighted by molar-refractivity contribution is 0.277. The molecule has 1 aliphatic rings. The standard InChI is InChI=1S/C17H19ClN4OS/c1-2-13-19-17-22(20-13)16(23)15(24-17)14(21-9-5-6-10-21)11-7-3-4-8-12(11)18/h3-4,7-8,14,23H,2,5-6,9-10H2,1H3/t14-/m0/s1. The summed E-state index contributed by atoms with van der Waals surface area (Å²) in [6.45, 7) is 4.01. The first kappa shape index (κ1) is 15.9. The molecule has 0 amide bonds. The Labute approximate surface area is 149 Å². The molecule has 1 saturated heterocycles. The van der Waals surface area contributed by atoms with E-state index in [-0.39, 0.29) is 11.9 Å². The molecule has 0 unspecified atom stereocenters. The van der Waals surface area contributed by atoms with E-state index in [1.807, 2.05) is 31.2 Å². The molecule has 1 aliphatic heterocycles. The summed E-state index contributed by atoms with van der Waals surface area (Å²) in [5.74, 6) is 0.928. The third-order valence-electron chi connectivity index (χ3n) is 4.51. The predicted molar refractivity (Wildman–Crippen MR) is 96.0 cm³/mol. The van der Waals surface area contributed by atoms with Crippen LogP contribution >= 0.6 is 22.9 Å². The quantitative estimate of drug-likeness (QED) is 0.764. The fourth-order valence-corrected chi connectivity index (χ4v) is 4.68. The van der Waals surface area contributed by atoms with E-state index >= 15 is 0 Å². The van der Waals surface area contributed by atoms with E-state index in [0.29, 0.717) is 0 Å². The molecule has 0 aliphatic carbocycles. The molecule has 2 aromatic heterocycles. The average Bonchev–Trinajstić information content (AvgIpc) is 3.29. The molecular weight excluding hydrogens is 344 g/mol. The van der Waals surface area contributed by atoms with Crippen molar-refractivity contribution in [3.63, 3.8) is 0 Å². The first-order chi connectivity index (χ1) is 11.7. The second-order valence-electron chi connectivity index (χ2n) is 6.03. The lowest BCUT2D eigenvalue weighted by Gasteiger charge is -2.27. The third kappa shape index (κ3) is 2.59. The zero-order valence-corrected chi connectivity index (χ0v) is 15.0. The summed E-state index contributed by atoms with van der Waals surface area (Å²) in [6.07, 6.45) is 3.09. The van der Waals surface area contributed by atoms with E-state index in [0.717, 1.165) is 45.8 Å². The summed E-state index contributed by atoms with van der Waals surface area (Å²) in [4.78, 5) is 8.47. The van der Waals surface area contributed by atoms with Crippen LogP contribution in [0.3, 0.4) is 0 Å². The van der Waals surface area contributed by atoms with Crippen molar-refractivity contribution in [2.75, 3.05) is 13.1 Å². The summed E-state index contributed by atoms with van der Waals surface area (Å²) < 4.78 is 1.55. The largest absolute Gasteiger partial charge is 0.492 e. The molecule has 1 atom stereocenters. The zero-order valence-electron chi connectivity index (χ0n) is 13.4. The molecule has 4 rings (SSSR count). The first-order valence-electron chi connectivity index (χ1n) is 8.24. The average molecular weight is 363 g/mol. The van der Waals surface area contributed by atoms with Gasteiger partial charge in [0.25, 0.3) is 0 Å². The minimum absolute atomic E-state index is 0.0558. The lowest BCUT2D eigenvalue weighted by Crippen LogP contribution is -2.26. The van der Waals surface area contributed by atoms with Crippen LogP contribution in [0.1, 0.15) is 42.1 Å². The van der Waals surface area contributed by atoms with Gasteiger partial charge >= 0.3 is 0 Å². The van der Waals surface area contributed by atoms with Gasteiger partial charge in [0.1, 0.15) is 0 Å². The molecule has 24 heavy (non-hydrogen) atoms. The number of thiazole rings is 1. The highest BCUT2D eigenvalue weighted by Gasteiger charge is 2.32. The summed E-state index contributed by atoms with van der Waals surface area (Å²) in [5, 5.41) is 15.9. The Balaban J connectivity index is 1.85. The molecule has 1 fully saturated rings. The molecule has 1 N–H and O–H groups in total. The van der Waals surface area contributed by atoms with Crippen LogP contribution in [0, 0.1) is 0 Å². The van der Waals surface area contributed by atoms with Crippen LogP contribution in [-0.4, -0.2) is 37.7 Å². The van der Waals surface area contributed by atoms with Gasteiger partial charge in [0.05, 0.1) is 10.9 Å². The monoisotopic (exact) mass is 362 g/mol. The van der Waals surface area contributed by atoms with E-state index in [1.165, 1.54) is 24.2 Å². The van der Waals surface area contributed by atoms with Gasteiger partial charge < -0.3 is 5.11 Å². The van der Waals surface area contributed by atoms with Crippen LogP contribution in [-0.2, 0) is 6.42 Å². The molecule has 0 bridgehead atoms. The van der Waals surface area contributed by atoms with Crippen molar-refractivity contribution in [2.45, 2.75) is 32.2 Å². The Bertz CT molecular complexity index is 869. The fraction of sp³-hybridized carbons (Fsp3) is 0.412. The number of rotatable bonds is 4. The van der Waals surface area contributed by atoms with E-state index in [9.17, 15) is 5.11 Å². The summed E-state index contributed by atoms with van der Waals surface area (Å²) in [6, 6.07) is 7.82. The van der Waals surface area contributed by atoms with Crippen molar-refractivity contribution in [3.05, 3.63) is 45.6 Å². The predicted octanol–water partition coefficient (Wildman–Crippen LogP) is 3.90. The van der Waals surface area contributed by atoms with Gasteiger partial charge in [0.15, 0.2) is 5.82 Å². The number of halogens is 1. The maximum atomic E-state index is 10.8. The van der Waals surface area contributed by atoms with Crippen LogP contribution in [0.15, 0.2) is 24.3 Å². The molecule has 5 nitrogen and oxygen atoms in total. The van der Waals surface area contributed by atoms with Gasteiger partial charge in [-0.3, -0.25) is 4.90 Å². The minimum Gasteiger partial charge on any atom is -0.492 e. The number of likely N-dealkylation sites (tertiary alicyclic amines) is 1. The number of hydrogen-bond acceptors (Lipinski definition) is 5. The van der Waals surface area contributed by atoms with E-state index in [4.69, 9.17) is 11.6 Å². The summed E-state index contributed by atoms with van der Waals surface area (Å²) >= 11 is 7.98. The van der Waals surface area contributed by atoms with Crippen molar-refractivity contribution in [1.82, 2.24) is 19.5 Å². The van der Waals surface area contributed by atoms with Gasteiger partial charge in [0, 0.05) is 11.4 Å². The van der Waals surface area contributed by atoms with E-state index < -0.39 is 0 Å². The van der Waals surface area contributed by atoms with Gasteiger partial charge in [-0.1, -0.05) is 48.1 Å². The highest BCUT2D eigenvalue weighted by Crippen LogP contribution is 2.42. The smallest absolute Gasteiger partial charge is 0.230 e. The molecule has 0 saturated carbocycles. The second kappa shape index (κ2) is 6.35. The number of fused-ring (bicyclic) bond motifs is 1. The lowest BCUT2D eigenvalue weighted by atomic mass is 10.0. The number of aryl methyl sites for hydroxylation is 1. The van der Waals surface area contributed by atoms with Crippen LogP contribution in [0.4, 0.5) is 0 Å². The molecule has 3 heterocycles. The van der Waals surface area contributed by atoms with Crippen molar-refractivity contribution in [1.29, 1.82) is 0 Å². The van der Waals surface area contributed by atoms with Gasteiger partial charge in [-0.15, -0.1) is 5.10 Å². The Morgan fingerprint density at radius 3 is 2.71 bits per heavy atom. The third-order valence-corrected chi connectivity index (χ3v) is 5.93. The molecule has 0 spiro atoms. The van der Waals surface area contributed by atoms with Crippen LogP contribution in [0.25, 0.3) is 4.96 Å². The number of nitrogens with zero attached hydrogens (tertiary/aromatic N) is 4. The topological polar surface area (TPSA) is 53.7 Å². The highest BCUT2D eigenvalue weighted by atomic mass is 35.5. The molecule has 126 valence electrons. The second-order valence-corrected chi connectivity index (χ2v) is 7.45. The van der Waals surface area contributed by atoms with Gasteiger partial charge in [-0.25, -0.2) is 4.98 Å². The zero-order chi connectivity index (χ0) is 16.7. The molecular formula is C17H19ClN4OS. The number of hydrogen-bond donors (Lipinski definition) is 1. The molecule has 7 heteroatoms. The highest BCUT2D eigenvalue weighted by molar-refractivity contribution is 7.17. The Hall–Kier alpha value is -1.63. The fourth-order valence-electron chi connectivity index (χ4n) is 3.32. The van der Waals surface area contributed by atoms with Gasteiger partial charge in [0.2, 0.25) is 10.8 Å². The normalized spacial score (nSPS) is 16.9. The first-order valence-corrected chi connectivity index (χ1v) is 9.44. The summed E-state index contributed by atoms with van der Waals surface area (Å²) in [7, 11) is 0. The van der Waals surface area contributed by atoms with Crippen molar-refractivity contribution < 1.29 is 5.11 Å². The Morgan fingerprint density at radius 1 is 1.29 bits per heavy atom. The Kier molecular flexibility index (Phi) is 4.20. The minimum atomic E-state index is -0.0558. The van der Waals surface area contributed by atoms with Gasteiger partial charge in [-0.2, -0.15) is 4.52 Å². The number of benzene rings is 1. The van der Waals surface area contributed by atoms with Crippen molar-refractivity contribution in [2.24, 2.45) is 0 Å². The Morgan fingerprint density at radius 2 is 2.04 bits per heavy atom. The van der Waals surface area contributed by atoms with Crippen molar-refractivity contribution >= 4 is 27.9 Å².